The van der Waals surface area contributed by atoms with Gasteiger partial charge >= 0.3 is 5.97 Å². The Kier molecular flexibility index (Phi) is 7.53. The van der Waals surface area contributed by atoms with Crippen molar-refractivity contribution in [3.8, 4) is 11.1 Å². The van der Waals surface area contributed by atoms with Crippen LogP contribution in [-0.4, -0.2) is 51.2 Å². The minimum atomic E-state index is -3.40. The van der Waals surface area contributed by atoms with Gasteiger partial charge in [-0.3, -0.25) is 4.98 Å². The molecule has 0 saturated heterocycles. The number of aliphatic carboxylic acids is 1. The Bertz CT molecular complexity index is 1770. The number of fused-ring (bicyclic) bond motifs is 1. The van der Waals surface area contributed by atoms with Crippen molar-refractivity contribution in [2.45, 2.75) is 17.7 Å². The summed E-state index contributed by atoms with van der Waals surface area (Å²) in [7, 11) is -6.59. The van der Waals surface area contributed by atoms with Gasteiger partial charge in [0.15, 0.2) is 9.84 Å². The zero-order valence-electron chi connectivity index (χ0n) is 21.1. The molecule has 196 valence electrons. The van der Waals surface area contributed by atoms with Crippen LogP contribution in [0.2, 0.25) is 0 Å². The molecule has 0 aliphatic rings. The minimum absolute atomic E-state index is 0.0145. The van der Waals surface area contributed by atoms with Crippen LogP contribution in [0.15, 0.2) is 83.9 Å². The average Bonchev–Trinajstić information content (AvgIpc) is 2.85. The average molecular weight is 550 g/mol. The van der Waals surface area contributed by atoms with E-state index in [0.717, 1.165) is 33.8 Å². The Labute approximate surface area is 222 Å². The van der Waals surface area contributed by atoms with Crippen LogP contribution < -0.4 is 0 Å². The largest absolute Gasteiger partial charge is 0.478 e. The maximum absolute atomic E-state index is 12.1. The first-order valence-corrected chi connectivity index (χ1v) is 15.7. The van der Waals surface area contributed by atoms with Gasteiger partial charge in [0, 0.05) is 29.7 Å². The van der Waals surface area contributed by atoms with Gasteiger partial charge in [-0.15, -0.1) is 0 Å². The number of carboxylic acids is 1. The normalized spacial score (nSPS) is 13.4. The molecule has 0 radical (unpaired) electrons. The Balaban J connectivity index is 1.81. The number of hydrogen-bond acceptors (Lipinski definition) is 6. The molecular weight excluding hydrogens is 522 g/mol. The summed E-state index contributed by atoms with van der Waals surface area (Å²) in [5.74, 6) is -1.36. The first-order chi connectivity index (χ1) is 17.8. The maximum atomic E-state index is 12.1. The van der Waals surface area contributed by atoms with Gasteiger partial charge in [-0.25, -0.2) is 21.6 Å². The van der Waals surface area contributed by atoms with Gasteiger partial charge in [0.25, 0.3) is 0 Å². The predicted octanol–water partition coefficient (Wildman–Crippen LogP) is 5.08. The molecule has 9 heteroatoms. The van der Waals surface area contributed by atoms with Crippen LogP contribution in [0, 0.1) is 0 Å². The molecule has 1 heterocycles. The molecule has 38 heavy (non-hydrogen) atoms. The molecule has 4 rings (SSSR count). The second kappa shape index (κ2) is 10.5. The van der Waals surface area contributed by atoms with E-state index in [-0.39, 0.29) is 22.1 Å². The molecule has 1 atom stereocenters. The van der Waals surface area contributed by atoms with Crippen molar-refractivity contribution < 1.29 is 26.7 Å². The monoisotopic (exact) mass is 549 g/mol. The molecule has 0 spiro atoms. The van der Waals surface area contributed by atoms with E-state index in [9.17, 15) is 26.7 Å². The Morgan fingerprint density at radius 1 is 0.947 bits per heavy atom. The van der Waals surface area contributed by atoms with E-state index >= 15 is 0 Å². The van der Waals surface area contributed by atoms with Crippen LogP contribution in [0.3, 0.4) is 0 Å². The SMILES string of the molecule is CC(CS(C)(=O)=O)c1cc(-c2cccc(/C=C(/C(=O)O)c3ccc(S(C)(=O)=O)cc3)c2)c2ncccc2c1. The van der Waals surface area contributed by atoms with Crippen molar-refractivity contribution in [2.75, 3.05) is 18.3 Å². The number of carboxylic acid groups (broad SMARTS) is 1. The predicted molar refractivity (Wildman–Crippen MR) is 150 cm³/mol. The fraction of sp³-hybridized carbons (Fsp3) is 0.172. The quantitative estimate of drug-likeness (QED) is 0.241. The molecule has 1 aromatic heterocycles. The van der Waals surface area contributed by atoms with Gasteiger partial charge < -0.3 is 5.11 Å². The standard InChI is InChI=1S/C29H27NO6S2/c1-19(18-37(2,33)34)24-16-23-8-5-13-30-28(23)26(17-24)22-7-4-6-20(14-22)15-27(29(31)32)21-9-11-25(12-10-21)38(3,35)36/h4-17,19H,18H2,1-3H3,(H,31,32)/b27-15+. The van der Waals surface area contributed by atoms with Gasteiger partial charge in [-0.1, -0.05) is 43.3 Å². The molecular formula is C29H27NO6S2. The van der Waals surface area contributed by atoms with E-state index in [0.29, 0.717) is 11.1 Å². The molecule has 0 aliphatic carbocycles. The van der Waals surface area contributed by atoms with Crippen molar-refractivity contribution in [3.63, 3.8) is 0 Å². The Morgan fingerprint density at radius 3 is 2.29 bits per heavy atom. The highest BCUT2D eigenvalue weighted by Gasteiger charge is 2.17. The number of hydrogen-bond donors (Lipinski definition) is 1. The van der Waals surface area contributed by atoms with Crippen molar-refractivity contribution in [1.82, 2.24) is 4.98 Å². The smallest absolute Gasteiger partial charge is 0.336 e. The maximum Gasteiger partial charge on any atom is 0.336 e. The van der Waals surface area contributed by atoms with Crippen molar-refractivity contribution >= 4 is 48.2 Å². The number of carbonyl (C=O) groups is 1. The van der Waals surface area contributed by atoms with Crippen molar-refractivity contribution in [2.24, 2.45) is 0 Å². The molecule has 7 nitrogen and oxygen atoms in total. The number of nitrogens with zero attached hydrogens (tertiary/aromatic N) is 1. The summed E-state index contributed by atoms with van der Waals surface area (Å²) >= 11 is 0. The third-order valence-corrected chi connectivity index (χ3v) is 8.42. The lowest BCUT2D eigenvalue weighted by Crippen LogP contribution is -2.10. The summed E-state index contributed by atoms with van der Waals surface area (Å²) in [5.41, 5.74) is 4.24. The van der Waals surface area contributed by atoms with Crippen molar-refractivity contribution in [1.29, 1.82) is 0 Å². The molecule has 1 unspecified atom stereocenters. The summed E-state index contributed by atoms with van der Waals surface area (Å²) < 4.78 is 47.4. The lowest BCUT2D eigenvalue weighted by molar-refractivity contribution is -0.130. The van der Waals surface area contributed by atoms with E-state index in [1.54, 1.807) is 12.3 Å². The summed E-state index contributed by atoms with van der Waals surface area (Å²) in [5, 5.41) is 10.8. The second-order valence-electron chi connectivity index (χ2n) is 9.42. The highest BCUT2D eigenvalue weighted by Crippen LogP contribution is 2.33. The lowest BCUT2D eigenvalue weighted by Gasteiger charge is -2.15. The van der Waals surface area contributed by atoms with Crippen LogP contribution in [0.1, 0.15) is 29.5 Å². The number of pyridine rings is 1. The minimum Gasteiger partial charge on any atom is -0.478 e. The highest BCUT2D eigenvalue weighted by atomic mass is 32.2. The van der Waals surface area contributed by atoms with E-state index in [1.165, 1.54) is 36.6 Å². The van der Waals surface area contributed by atoms with Gasteiger partial charge in [0.2, 0.25) is 0 Å². The molecule has 3 aromatic carbocycles. The van der Waals surface area contributed by atoms with Crippen LogP contribution >= 0.6 is 0 Å². The van der Waals surface area contributed by atoms with Gasteiger partial charge in [-0.05, 0) is 70.6 Å². The molecule has 4 aromatic rings. The summed E-state index contributed by atoms with van der Waals surface area (Å²) in [6.45, 7) is 1.87. The zero-order chi connectivity index (χ0) is 27.7. The zero-order valence-corrected chi connectivity index (χ0v) is 22.8. The van der Waals surface area contributed by atoms with Gasteiger partial charge in [0.1, 0.15) is 9.84 Å². The van der Waals surface area contributed by atoms with Crippen molar-refractivity contribution in [3.05, 3.63) is 95.7 Å². The van der Waals surface area contributed by atoms with E-state index in [4.69, 9.17) is 0 Å². The molecule has 0 aliphatic heterocycles. The summed E-state index contributed by atoms with van der Waals surface area (Å²) in [6.07, 6.45) is 5.54. The summed E-state index contributed by atoms with van der Waals surface area (Å²) in [4.78, 5) is 16.8. The molecule has 0 fully saturated rings. The topological polar surface area (TPSA) is 118 Å². The fourth-order valence-corrected chi connectivity index (χ4v) is 6.11. The highest BCUT2D eigenvalue weighted by molar-refractivity contribution is 7.91. The van der Waals surface area contributed by atoms with Crippen LogP contribution in [0.4, 0.5) is 0 Å². The third kappa shape index (κ3) is 6.35. The number of sulfone groups is 2. The van der Waals surface area contributed by atoms with E-state index < -0.39 is 25.6 Å². The summed E-state index contributed by atoms with van der Waals surface area (Å²) in [6, 6.07) is 20.7. The van der Waals surface area contributed by atoms with E-state index in [1.807, 2.05) is 49.4 Å². The second-order valence-corrected chi connectivity index (χ2v) is 13.6. The third-order valence-electron chi connectivity index (χ3n) is 6.18. The van der Waals surface area contributed by atoms with Crippen LogP contribution in [0.5, 0.6) is 0 Å². The van der Waals surface area contributed by atoms with Crippen LogP contribution in [0.25, 0.3) is 33.7 Å². The lowest BCUT2D eigenvalue weighted by atomic mass is 9.93. The Morgan fingerprint density at radius 2 is 1.66 bits per heavy atom. The van der Waals surface area contributed by atoms with Gasteiger partial charge in [-0.2, -0.15) is 0 Å². The molecule has 1 N–H and O–H groups in total. The number of rotatable bonds is 8. The van der Waals surface area contributed by atoms with Crippen LogP contribution in [-0.2, 0) is 24.5 Å². The molecule has 0 bridgehead atoms. The molecule has 0 saturated carbocycles. The van der Waals surface area contributed by atoms with Gasteiger partial charge in [0.05, 0.1) is 21.7 Å². The Hall–Kier alpha value is -3.82. The first kappa shape index (κ1) is 27.2. The fourth-order valence-electron chi connectivity index (χ4n) is 4.38. The molecule has 0 amide bonds. The number of aromatic nitrogens is 1. The first-order valence-electron chi connectivity index (χ1n) is 11.7. The van der Waals surface area contributed by atoms with E-state index in [2.05, 4.69) is 4.98 Å². The number of benzene rings is 3.